The van der Waals surface area contributed by atoms with E-state index in [1.165, 1.54) is 0 Å². The molecule has 1 unspecified atom stereocenters. The van der Waals surface area contributed by atoms with Crippen LogP contribution < -0.4 is 0 Å². The van der Waals surface area contributed by atoms with E-state index in [0.717, 1.165) is 4.57 Å². The second kappa shape index (κ2) is 4.26. The summed E-state index contributed by atoms with van der Waals surface area (Å²) in [5.41, 5.74) is 0. The molecule has 1 atom stereocenters. The van der Waals surface area contributed by atoms with Crippen LogP contribution in [0, 0.1) is 0 Å². The van der Waals surface area contributed by atoms with Gasteiger partial charge < -0.3 is 9.67 Å². The van der Waals surface area contributed by atoms with E-state index in [0.29, 0.717) is 18.9 Å². The fourth-order valence-electron chi connectivity index (χ4n) is 1.95. The second-order valence-corrected chi connectivity index (χ2v) is 4.17. The van der Waals surface area contributed by atoms with Crippen LogP contribution in [0.4, 0.5) is 13.2 Å². The quantitative estimate of drug-likeness (QED) is 0.830. The highest BCUT2D eigenvalue weighted by Gasteiger charge is 2.39. The van der Waals surface area contributed by atoms with E-state index in [9.17, 15) is 18.3 Å². The van der Waals surface area contributed by atoms with E-state index < -0.39 is 18.1 Å². The molecular weight excluding hydrogens is 237 g/mol. The van der Waals surface area contributed by atoms with E-state index in [4.69, 9.17) is 0 Å². The van der Waals surface area contributed by atoms with Crippen LogP contribution in [0.2, 0.25) is 0 Å². The first-order chi connectivity index (χ1) is 7.88. The molecule has 1 N–H and O–H groups in total. The maximum Gasteiger partial charge on any atom is 0.451 e. The molecular formula is C9H13F3N4O. The third-order valence-corrected chi connectivity index (χ3v) is 2.61. The average Bonchev–Trinajstić information content (AvgIpc) is 2.58. The topological polar surface area (TPSA) is 54.2 Å². The lowest BCUT2D eigenvalue weighted by Gasteiger charge is -2.28. The van der Waals surface area contributed by atoms with Gasteiger partial charge in [-0.15, -0.1) is 10.2 Å². The van der Waals surface area contributed by atoms with Gasteiger partial charge in [0, 0.05) is 19.6 Å². The van der Waals surface area contributed by atoms with Gasteiger partial charge in [0.25, 0.3) is 0 Å². The Balaban J connectivity index is 2.16. The molecule has 1 aliphatic rings. The minimum Gasteiger partial charge on any atom is -0.392 e. The number of hydrogen-bond acceptors (Lipinski definition) is 4. The van der Waals surface area contributed by atoms with Crippen LogP contribution >= 0.6 is 0 Å². The van der Waals surface area contributed by atoms with Gasteiger partial charge in [-0.2, -0.15) is 13.2 Å². The summed E-state index contributed by atoms with van der Waals surface area (Å²) in [6.07, 6.45) is -4.97. The third-order valence-electron chi connectivity index (χ3n) is 2.61. The lowest BCUT2D eigenvalue weighted by Crippen LogP contribution is -2.38. The SMILES string of the molecule is CC(O)CN1CCn2c(nnc2C(F)(F)F)C1. The molecule has 0 fully saturated rings. The maximum absolute atomic E-state index is 12.5. The van der Waals surface area contributed by atoms with Gasteiger partial charge in [0.05, 0.1) is 12.6 Å². The molecule has 0 saturated carbocycles. The zero-order chi connectivity index (χ0) is 12.6. The van der Waals surface area contributed by atoms with Crippen molar-refractivity contribution in [3.05, 3.63) is 11.6 Å². The Morgan fingerprint density at radius 1 is 1.35 bits per heavy atom. The summed E-state index contributed by atoms with van der Waals surface area (Å²) in [6.45, 7) is 3.01. The van der Waals surface area contributed by atoms with Crippen molar-refractivity contribution in [2.45, 2.75) is 32.3 Å². The average molecular weight is 250 g/mol. The normalized spacial score (nSPS) is 19.1. The Labute approximate surface area is 95.9 Å². The highest BCUT2D eigenvalue weighted by atomic mass is 19.4. The molecule has 2 rings (SSSR count). The molecule has 96 valence electrons. The number of halogens is 3. The summed E-state index contributed by atoms with van der Waals surface area (Å²) in [5.74, 6) is -0.645. The van der Waals surface area contributed by atoms with Crippen molar-refractivity contribution < 1.29 is 18.3 Å². The Hall–Kier alpha value is -1.15. The maximum atomic E-state index is 12.5. The van der Waals surface area contributed by atoms with Gasteiger partial charge in [0.15, 0.2) is 0 Å². The predicted molar refractivity (Wildman–Crippen MR) is 52.0 cm³/mol. The standard InChI is InChI=1S/C9H13F3N4O/c1-6(17)4-15-2-3-16-7(5-15)13-14-8(16)9(10,11)12/h6,17H,2-5H2,1H3. The largest absolute Gasteiger partial charge is 0.451 e. The molecule has 0 amide bonds. The summed E-state index contributed by atoms with van der Waals surface area (Å²) in [4.78, 5) is 1.86. The molecule has 0 aromatic carbocycles. The molecule has 1 aliphatic heterocycles. The first-order valence-corrected chi connectivity index (χ1v) is 5.27. The number of aliphatic hydroxyl groups excluding tert-OH is 1. The second-order valence-electron chi connectivity index (χ2n) is 4.17. The highest BCUT2D eigenvalue weighted by molar-refractivity contribution is 5.02. The van der Waals surface area contributed by atoms with Gasteiger partial charge in [-0.1, -0.05) is 0 Å². The number of fused-ring (bicyclic) bond motifs is 1. The van der Waals surface area contributed by atoms with Gasteiger partial charge in [-0.25, -0.2) is 0 Å². The Kier molecular flexibility index (Phi) is 3.09. The molecule has 0 saturated heterocycles. The number of alkyl halides is 3. The molecule has 1 aromatic rings. The molecule has 2 heterocycles. The summed E-state index contributed by atoms with van der Waals surface area (Å²) in [5, 5.41) is 16.0. The number of aromatic nitrogens is 3. The van der Waals surface area contributed by atoms with E-state index in [1.54, 1.807) is 6.92 Å². The van der Waals surface area contributed by atoms with Gasteiger partial charge in [0.1, 0.15) is 5.82 Å². The van der Waals surface area contributed by atoms with Crippen molar-refractivity contribution in [2.75, 3.05) is 13.1 Å². The van der Waals surface area contributed by atoms with E-state index in [-0.39, 0.29) is 13.1 Å². The molecule has 5 nitrogen and oxygen atoms in total. The summed E-state index contributed by atoms with van der Waals surface area (Å²) in [6, 6.07) is 0. The van der Waals surface area contributed by atoms with Crippen LogP contribution in [-0.4, -0.2) is 44.0 Å². The first kappa shape index (κ1) is 12.3. The van der Waals surface area contributed by atoms with Gasteiger partial charge >= 0.3 is 6.18 Å². The fraction of sp³-hybridized carbons (Fsp3) is 0.778. The zero-order valence-electron chi connectivity index (χ0n) is 9.28. The van der Waals surface area contributed by atoms with Crippen LogP contribution in [0.3, 0.4) is 0 Å². The summed E-state index contributed by atoms with van der Waals surface area (Å²) in [7, 11) is 0. The van der Waals surface area contributed by atoms with Crippen LogP contribution in [0.5, 0.6) is 0 Å². The van der Waals surface area contributed by atoms with Crippen molar-refractivity contribution in [1.82, 2.24) is 19.7 Å². The van der Waals surface area contributed by atoms with Gasteiger partial charge in [-0.3, -0.25) is 4.90 Å². The number of rotatable bonds is 2. The van der Waals surface area contributed by atoms with Crippen LogP contribution in [0.15, 0.2) is 0 Å². The number of β-amino-alcohol motifs (C(OH)–C–C–N with tert-alkyl or cyclic N) is 1. The number of hydrogen-bond donors (Lipinski definition) is 1. The van der Waals surface area contributed by atoms with Crippen molar-refractivity contribution >= 4 is 0 Å². The highest BCUT2D eigenvalue weighted by Crippen LogP contribution is 2.29. The van der Waals surface area contributed by atoms with Crippen LogP contribution in [0.1, 0.15) is 18.6 Å². The summed E-state index contributed by atoms with van der Waals surface area (Å²) < 4.78 is 38.7. The monoisotopic (exact) mass is 250 g/mol. The molecule has 17 heavy (non-hydrogen) atoms. The van der Waals surface area contributed by atoms with Crippen molar-refractivity contribution in [3.63, 3.8) is 0 Å². The first-order valence-electron chi connectivity index (χ1n) is 5.27. The van der Waals surface area contributed by atoms with E-state index in [1.807, 2.05) is 4.90 Å². The van der Waals surface area contributed by atoms with Gasteiger partial charge in [0.2, 0.25) is 5.82 Å². The van der Waals surface area contributed by atoms with E-state index >= 15 is 0 Å². The molecule has 1 aromatic heterocycles. The minimum atomic E-state index is -4.46. The lowest BCUT2D eigenvalue weighted by atomic mass is 10.3. The van der Waals surface area contributed by atoms with Gasteiger partial charge in [-0.05, 0) is 6.92 Å². The minimum absolute atomic E-state index is 0.198. The smallest absolute Gasteiger partial charge is 0.392 e. The van der Waals surface area contributed by atoms with Crippen molar-refractivity contribution in [1.29, 1.82) is 0 Å². The van der Waals surface area contributed by atoms with Crippen LogP contribution in [0.25, 0.3) is 0 Å². The van der Waals surface area contributed by atoms with Crippen LogP contribution in [-0.2, 0) is 19.3 Å². The van der Waals surface area contributed by atoms with Crippen molar-refractivity contribution in [3.8, 4) is 0 Å². The fourth-order valence-corrected chi connectivity index (χ4v) is 1.95. The van der Waals surface area contributed by atoms with Crippen molar-refractivity contribution in [2.24, 2.45) is 0 Å². The molecule has 8 heteroatoms. The van der Waals surface area contributed by atoms with E-state index in [2.05, 4.69) is 10.2 Å². The lowest BCUT2D eigenvalue weighted by molar-refractivity contribution is -0.148. The number of aliphatic hydroxyl groups is 1. The molecule has 0 spiro atoms. The predicted octanol–water partition coefficient (Wildman–Crippen LogP) is 0.493. The zero-order valence-corrected chi connectivity index (χ0v) is 9.28. The molecule has 0 radical (unpaired) electrons. The number of nitrogens with zero attached hydrogens (tertiary/aromatic N) is 4. The third kappa shape index (κ3) is 2.58. The molecule has 0 aliphatic carbocycles. The molecule has 0 bridgehead atoms. The Morgan fingerprint density at radius 2 is 2.06 bits per heavy atom. The Morgan fingerprint density at radius 3 is 2.65 bits per heavy atom. The summed E-state index contributed by atoms with van der Waals surface area (Å²) >= 11 is 0. The Bertz CT molecular complexity index is 401.